The number of halogens is 1. The van der Waals surface area contributed by atoms with Crippen LogP contribution in [0.3, 0.4) is 0 Å². The van der Waals surface area contributed by atoms with Crippen molar-refractivity contribution in [3.8, 4) is 0 Å². The largest absolute Gasteiger partial charge is 0.316 e. The summed E-state index contributed by atoms with van der Waals surface area (Å²) in [6, 6.07) is 6.44. The molecule has 0 amide bonds. The normalized spacial score (nSPS) is 17.2. The molecule has 1 saturated carbocycles. The molecule has 0 atom stereocenters. The molecule has 0 saturated heterocycles. The second-order valence-electron chi connectivity index (χ2n) is 6.30. The molecule has 0 heterocycles. The highest BCUT2D eigenvalue weighted by Gasteiger charge is 2.42. The number of aryl methyl sites for hydroxylation is 1. The molecule has 100 valence electrons. The number of benzene rings is 1. The van der Waals surface area contributed by atoms with Gasteiger partial charge in [-0.1, -0.05) is 37.6 Å². The number of rotatable bonds is 6. The lowest BCUT2D eigenvalue weighted by Crippen LogP contribution is -2.28. The standard InChI is InChI=1S/C16H24ClN/c1-12(2)10-18-11-16(6-7-16)9-14-5-4-13(3)8-15(14)17/h4-5,8,12,18H,6-7,9-11H2,1-3H3. The summed E-state index contributed by atoms with van der Waals surface area (Å²) in [4.78, 5) is 0. The molecule has 1 aliphatic rings. The fraction of sp³-hybridized carbons (Fsp3) is 0.625. The van der Waals surface area contributed by atoms with Gasteiger partial charge in [0.25, 0.3) is 0 Å². The van der Waals surface area contributed by atoms with Crippen LogP contribution in [0.4, 0.5) is 0 Å². The Labute approximate surface area is 116 Å². The van der Waals surface area contributed by atoms with E-state index in [-0.39, 0.29) is 0 Å². The highest BCUT2D eigenvalue weighted by atomic mass is 35.5. The quantitative estimate of drug-likeness (QED) is 0.812. The van der Waals surface area contributed by atoms with Crippen molar-refractivity contribution in [3.63, 3.8) is 0 Å². The Hall–Kier alpha value is -0.530. The van der Waals surface area contributed by atoms with Crippen LogP contribution in [0.1, 0.15) is 37.8 Å². The van der Waals surface area contributed by atoms with E-state index in [4.69, 9.17) is 11.6 Å². The zero-order chi connectivity index (χ0) is 13.2. The first-order valence-electron chi connectivity index (χ1n) is 6.96. The molecule has 0 spiro atoms. The monoisotopic (exact) mass is 265 g/mol. The van der Waals surface area contributed by atoms with Crippen LogP contribution in [0.25, 0.3) is 0 Å². The SMILES string of the molecule is Cc1ccc(CC2(CNCC(C)C)CC2)c(Cl)c1. The fourth-order valence-corrected chi connectivity index (χ4v) is 2.72. The van der Waals surface area contributed by atoms with Crippen molar-refractivity contribution in [2.24, 2.45) is 11.3 Å². The van der Waals surface area contributed by atoms with Crippen LogP contribution in [0.15, 0.2) is 18.2 Å². The molecule has 1 aliphatic carbocycles. The van der Waals surface area contributed by atoms with Gasteiger partial charge in [-0.05, 0) is 61.3 Å². The van der Waals surface area contributed by atoms with Gasteiger partial charge < -0.3 is 5.32 Å². The molecule has 1 aromatic carbocycles. The molecule has 0 radical (unpaired) electrons. The number of hydrogen-bond acceptors (Lipinski definition) is 1. The fourth-order valence-electron chi connectivity index (χ4n) is 2.42. The molecule has 18 heavy (non-hydrogen) atoms. The third kappa shape index (κ3) is 3.73. The summed E-state index contributed by atoms with van der Waals surface area (Å²) in [6.45, 7) is 8.85. The van der Waals surface area contributed by atoms with Crippen LogP contribution >= 0.6 is 11.6 Å². The van der Waals surface area contributed by atoms with Crippen LogP contribution in [0.2, 0.25) is 5.02 Å². The molecule has 0 aliphatic heterocycles. The maximum atomic E-state index is 6.33. The minimum Gasteiger partial charge on any atom is -0.316 e. The Kier molecular flexibility index (Phi) is 4.34. The molecule has 2 heteroatoms. The van der Waals surface area contributed by atoms with E-state index in [1.54, 1.807) is 0 Å². The van der Waals surface area contributed by atoms with Crippen molar-refractivity contribution in [1.82, 2.24) is 5.32 Å². The first kappa shape index (κ1) is 13.9. The Balaban J connectivity index is 1.92. The predicted octanol–water partition coefficient (Wildman–Crippen LogP) is 4.22. The molecule has 0 bridgehead atoms. The van der Waals surface area contributed by atoms with Crippen LogP contribution in [0.5, 0.6) is 0 Å². The van der Waals surface area contributed by atoms with Gasteiger partial charge in [0.05, 0.1) is 0 Å². The van der Waals surface area contributed by atoms with Crippen molar-refractivity contribution in [1.29, 1.82) is 0 Å². The van der Waals surface area contributed by atoms with Crippen molar-refractivity contribution in [2.75, 3.05) is 13.1 Å². The molecular formula is C16H24ClN. The highest BCUT2D eigenvalue weighted by molar-refractivity contribution is 6.31. The Bertz CT molecular complexity index is 408. The van der Waals surface area contributed by atoms with Gasteiger partial charge in [0.2, 0.25) is 0 Å². The molecule has 1 N–H and O–H groups in total. The molecular weight excluding hydrogens is 242 g/mol. The summed E-state index contributed by atoms with van der Waals surface area (Å²) in [7, 11) is 0. The third-order valence-electron chi connectivity index (χ3n) is 3.78. The van der Waals surface area contributed by atoms with Crippen molar-refractivity contribution < 1.29 is 0 Å². The summed E-state index contributed by atoms with van der Waals surface area (Å²) in [5, 5.41) is 4.53. The van der Waals surface area contributed by atoms with E-state index in [1.807, 2.05) is 0 Å². The maximum absolute atomic E-state index is 6.33. The summed E-state index contributed by atoms with van der Waals surface area (Å²) in [5.74, 6) is 0.726. The predicted molar refractivity (Wildman–Crippen MR) is 79.3 cm³/mol. The molecule has 2 rings (SSSR count). The first-order valence-corrected chi connectivity index (χ1v) is 7.34. The van der Waals surface area contributed by atoms with Gasteiger partial charge in [0, 0.05) is 11.6 Å². The summed E-state index contributed by atoms with van der Waals surface area (Å²) < 4.78 is 0. The molecule has 0 unspecified atom stereocenters. The smallest absolute Gasteiger partial charge is 0.0440 e. The van der Waals surface area contributed by atoms with Crippen LogP contribution in [-0.2, 0) is 6.42 Å². The van der Waals surface area contributed by atoms with Gasteiger partial charge in [0.15, 0.2) is 0 Å². The van der Waals surface area contributed by atoms with Crippen molar-refractivity contribution in [3.05, 3.63) is 34.3 Å². The summed E-state index contributed by atoms with van der Waals surface area (Å²) in [5.41, 5.74) is 3.03. The van der Waals surface area contributed by atoms with Gasteiger partial charge in [-0.15, -0.1) is 0 Å². The minimum atomic E-state index is 0.480. The van der Waals surface area contributed by atoms with Crippen LogP contribution in [-0.4, -0.2) is 13.1 Å². The first-order chi connectivity index (χ1) is 8.51. The zero-order valence-corrected chi connectivity index (χ0v) is 12.5. The van der Waals surface area contributed by atoms with E-state index < -0.39 is 0 Å². The van der Waals surface area contributed by atoms with E-state index in [9.17, 15) is 0 Å². The average molecular weight is 266 g/mol. The van der Waals surface area contributed by atoms with Crippen molar-refractivity contribution >= 4 is 11.6 Å². The molecule has 0 aromatic heterocycles. The van der Waals surface area contributed by atoms with E-state index in [2.05, 4.69) is 44.3 Å². The molecule has 1 nitrogen and oxygen atoms in total. The lowest BCUT2D eigenvalue weighted by molar-refractivity contribution is 0.432. The van der Waals surface area contributed by atoms with E-state index in [1.165, 1.54) is 24.0 Å². The topological polar surface area (TPSA) is 12.0 Å². The Morgan fingerprint density at radius 2 is 2.06 bits per heavy atom. The molecule has 1 aromatic rings. The number of nitrogens with one attached hydrogen (secondary N) is 1. The van der Waals surface area contributed by atoms with Crippen LogP contribution in [0, 0.1) is 18.3 Å². The van der Waals surface area contributed by atoms with Gasteiger partial charge in [0.1, 0.15) is 0 Å². The van der Waals surface area contributed by atoms with E-state index in [0.29, 0.717) is 5.41 Å². The van der Waals surface area contributed by atoms with Crippen LogP contribution < -0.4 is 5.32 Å². The summed E-state index contributed by atoms with van der Waals surface area (Å²) in [6.07, 6.45) is 3.79. The average Bonchev–Trinajstić information content (AvgIpc) is 3.02. The van der Waals surface area contributed by atoms with E-state index in [0.717, 1.165) is 30.5 Å². The zero-order valence-electron chi connectivity index (χ0n) is 11.7. The Morgan fingerprint density at radius 3 is 2.61 bits per heavy atom. The Morgan fingerprint density at radius 1 is 1.33 bits per heavy atom. The minimum absolute atomic E-state index is 0.480. The maximum Gasteiger partial charge on any atom is 0.0440 e. The van der Waals surface area contributed by atoms with Gasteiger partial charge in [-0.3, -0.25) is 0 Å². The van der Waals surface area contributed by atoms with Gasteiger partial charge in [-0.25, -0.2) is 0 Å². The molecule has 1 fully saturated rings. The van der Waals surface area contributed by atoms with E-state index >= 15 is 0 Å². The second kappa shape index (κ2) is 5.63. The summed E-state index contributed by atoms with van der Waals surface area (Å²) >= 11 is 6.33. The number of hydrogen-bond donors (Lipinski definition) is 1. The lowest BCUT2D eigenvalue weighted by atomic mass is 9.95. The van der Waals surface area contributed by atoms with Gasteiger partial charge in [-0.2, -0.15) is 0 Å². The third-order valence-corrected chi connectivity index (χ3v) is 4.14. The van der Waals surface area contributed by atoms with Crippen molar-refractivity contribution in [2.45, 2.75) is 40.0 Å². The highest BCUT2D eigenvalue weighted by Crippen LogP contribution is 2.48. The second-order valence-corrected chi connectivity index (χ2v) is 6.70. The lowest BCUT2D eigenvalue weighted by Gasteiger charge is -2.18. The van der Waals surface area contributed by atoms with Gasteiger partial charge >= 0.3 is 0 Å².